The van der Waals surface area contributed by atoms with E-state index in [-0.39, 0.29) is 5.91 Å². The summed E-state index contributed by atoms with van der Waals surface area (Å²) in [5.41, 5.74) is 3.96. The normalized spacial score (nSPS) is 10.2. The molecule has 1 aromatic carbocycles. The van der Waals surface area contributed by atoms with E-state index < -0.39 is 0 Å². The van der Waals surface area contributed by atoms with Crippen molar-refractivity contribution in [3.05, 3.63) is 42.1 Å². The van der Waals surface area contributed by atoms with Gasteiger partial charge in [0.25, 0.3) is 0 Å². The molecule has 0 aliphatic heterocycles. The van der Waals surface area contributed by atoms with Crippen LogP contribution in [-0.2, 0) is 11.2 Å². The van der Waals surface area contributed by atoms with Crippen LogP contribution < -0.4 is 11.3 Å². The first-order chi connectivity index (χ1) is 7.29. The summed E-state index contributed by atoms with van der Waals surface area (Å²) >= 11 is 0. The molecule has 0 bridgehead atoms. The van der Waals surface area contributed by atoms with Crippen LogP contribution in [0.1, 0.15) is 5.56 Å². The second-order valence-corrected chi connectivity index (χ2v) is 3.27. The van der Waals surface area contributed by atoms with E-state index in [0.717, 1.165) is 16.5 Å². The molecule has 0 aliphatic carbocycles. The number of fused-ring (bicyclic) bond motifs is 1. The van der Waals surface area contributed by atoms with E-state index in [2.05, 4.69) is 10.4 Å². The minimum atomic E-state index is -0.196. The Kier molecular flexibility index (Phi) is 2.60. The fourth-order valence-electron chi connectivity index (χ4n) is 1.47. The fourth-order valence-corrected chi connectivity index (χ4v) is 1.47. The Morgan fingerprint density at radius 3 is 3.07 bits per heavy atom. The van der Waals surface area contributed by atoms with Crippen LogP contribution in [0, 0.1) is 0 Å². The van der Waals surface area contributed by atoms with Gasteiger partial charge in [0.15, 0.2) is 0 Å². The highest BCUT2D eigenvalue weighted by Gasteiger charge is 2.02. The first-order valence-corrected chi connectivity index (χ1v) is 4.63. The molecule has 0 saturated carbocycles. The summed E-state index contributed by atoms with van der Waals surface area (Å²) in [5.74, 6) is 4.82. The van der Waals surface area contributed by atoms with Crippen molar-refractivity contribution in [2.75, 3.05) is 0 Å². The SMILES string of the molecule is NNC(=O)Cc1ccc2ncccc2c1. The summed E-state index contributed by atoms with van der Waals surface area (Å²) in [6, 6.07) is 9.55. The van der Waals surface area contributed by atoms with Gasteiger partial charge in [-0.1, -0.05) is 12.1 Å². The zero-order valence-corrected chi connectivity index (χ0v) is 8.10. The molecular weight excluding hydrogens is 190 g/mol. The summed E-state index contributed by atoms with van der Waals surface area (Å²) < 4.78 is 0. The standard InChI is InChI=1S/C11H11N3O/c12-14-11(15)7-8-3-4-10-9(6-8)2-1-5-13-10/h1-6H,7,12H2,(H,14,15). The summed E-state index contributed by atoms with van der Waals surface area (Å²) in [6.45, 7) is 0. The molecule has 0 aliphatic rings. The average Bonchev–Trinajstić information content (AvgIpc) is 2.29. The van der Waals surface area contributed by atoms with Crippen molar-refractivity contribution in [3.63, 3.8) is 0 Å². The molecule has 0 atom stereocenters. The molecule has 1 aromatic heterocycles. The van der Waals surface area contributed by atoms with Crippen molar-refractivity contribution in [2.24, 2.45) is 5.84 Å². The maximum atomic E-state index is 11.1. The maximum absolute atomic E-state index is 11.1. The number of nitrogens with two attached hydrogens (primary N) is 1. The van der Waals surface area contributed by atoms with Crippen LogP contribution in [0.4, 0.5) is 0 Å². The highest BCUT2D eigenvalue weighted by Crippen LogP contribution is 2.13. The van der Waals surface area contributed by atoms with Gasteiger partial charge in [0, 0.05) is 11.6 Å². The molecule has 0 saturated heterocycles. The Labute approximate surface area is 87.1 Å². The average molecular weight is 201 g/mol. The highest BCUT2D eigenvalue weighted by atomic mass is 16.2. The first kappa shape index (κ1) is 9.61. The van der Waals surface area contributed by atoms with Gasteiger partial charge in [-0.3, -0.25) is 15.2 Å². The van der Waals surface area contributed by atoms with Crippen molar-refractivity contribution in [2.45, 2.75) is 6.42 Å². The van der Waals surface area contributed by atoms with Crippen LogP contribution in [0.5, 0.6) is 0 Å². The van der Waals surface area contributed by atoms with E-state index in [1.54, 1.807) is 6.20 Å². The molecule has 4 nitrogen and oxygen atoms in total. The zero-order chi connectivity index (χ0) is 10.7. The van der Waals surface area contributed by atoms with Crippen molar-refractivity contribution >= 4 is 16.8 Å². The lowest BCUT2D eigenvalue weighted by Crippen LogP contribution is -2.31. The van der Waals surface area contributed by atoms with Gasteiger partial charge in [-0.15, -0.1) is 0 Å². The van der Waals surface area contributed by atoms with Crippen molar-refractivity contribution < 1.29 is 4.79 Å². The number of hydrogen-bond acceptors (Lipinski definition) is 3. The predicted molar refractivity (Wildman–Crippen MR) is 57.8 cm³/mol. The lowest BCUT2D eigenvalue weighted by atomic mass is 10.1. The molecule has 0 unspecified atom stereocenters. The predicted octanol–water partition coefficient (Wildman–Crippen LogP) is 0.767. The maximum Gasteiger partial charge on any atom is 0.238 e. The highest BCUT2D eigenvalue weighted by molar-refractivity contribution is 5.82. The Bertz CT molecular complexity index is 496. The number of pyridine rings is 1. The molecule has 3 N–H and O–H groups in total. The van der Waals surface area contributed by atoms with Crippen LogP contribution in [-0.4, -0.2) is 10.9 Å². The molecule has 76 valence electrons. The van der Waals surface area contributed by atoms with Crippen LogP contribution in [0.15, 0.2) is 36.5 Å². The van der Waals surface area contributed by atoms with Gasteiger partial charge in [-0.05, 0) is 23.8 Å². The second-order valence-electron chi connectivity index (χ2n) is 3.27. The molecule has 2 rings (SSSR count). The number of nitrogens with zero attached hydrogens (tertiary/aromatic N) is 1. The van der Waals surface area contributed by atoms with Crippen LogP contribution in [0.25, 0.3) is 10.9 Å². The van der Waals surface area contributed by atoms with E-state index in [4.69, 9.17) is 5.84 Å². The summed E-state index contributed by atoms with van der Waals surface area (Å²) in [5, 5.41) is 1.03. The minimum Gasteiger partial charge on any atom is -0.294 e. The molecule has 2 aromatic rings. The Hall–Kier alpha value is -1.94. The van der Waals surface area contributed by atoms with Gasteiger partial charge >= 0.3 is 0 Å². The Morgan fingerprint density at radius 1 is 1.40 bits per heavy atom. The van der Waals surface area contributed by atoms with Crippen molar-refractivity contribution in [3.8, 4) is 0 Å². The van der Waals surface area contributed by atoms with E-state index in [9.17, 15) is 4.79 Å². The van der Waals surface area contributed by atoms with E-state index >= 15 is 0 Å². The lowest BCUT2D eigenvalue weighted by molar-refractivity contribution is -0.120. The second kappa shape index (κ2) is 4.06. The smallest absolute Gasteiger partial charge is 0.238 e. The van der Waals surface area contributed by atoms with E-state index in [1.807, 2.05) is 30.3 Å². The van der Waals surface area contributed by atoms with Gasteiger partial charge in [0.2, 0.25) is 5.91 Å². The number of hydrogen-bond donors (Lipinski definition) is 2. The minimum absolute atomic E-state index is 0.196. The number of nitrogens with one attached hydrogen (secondary N) is 1. The molecule has 1 amide bonds. The van der Waals surface area contributed by atoms with Crippen LogP contribution >= 0.6 is 0 Å². The number of carbonyl (C=O) groups excluding carboxylic acids is 1. The number of aromatic nitrogens is 1. The lowest BCUT2D eigenvalue weighted by Gasteiger charge is -2.02. The number of amides is 1. The quantitative estimate of drug-likeness (QED) is 0.428. The molecule has 1 heterocycles. The number of carbonyl (C=O) groups is 1. The van der Waals surface area contributed by atoms with Gasteiger partial charge < -0.3 is 0 Å². The molecular formula is C11H11N3O. The molecule has 0 radical (unpaired) electrons. The number of rotatable bonds is 2. The summed E-state index contributed by atoms with van der Waals surface area (Å²) in [6.07, 6.45) is 2.04. The molecule has 4 heteroatoms. The van der Waals surface area contributed by atoms with E-state index in [0.29, 0.717) is 6.42 Å². The summed E-state index contributed by atoms with van der Waals surface area (Å²) in [4.78, 5) is 15.3. The van der Waals surface area contributed by atoms with Gasteiger partial charge in [0.1, 0.15) is 0 Å². The summed E-state index contributed by atoms with van der Waals surface area (Å²) in [7, 11) is 0. The molecule has 0 spiro atoms. The third kappa shape index (κ3) is 2.11. The van der Waals surface area contributed by atoms with Crippen LogP contribution in [0.2, 0.25) is 0 Å². The van der Waals surface area contributed by atoms with Gasteiger partial charge in [-0.25, -0.2) is 5.84 Å². The van der Waals surface area contributed by atoms with Gasteiger partial charge in [0.05, 0.1) is 11.9 Å². The Morgan fingerprint density at radius 2 is 2.27 bits per heavy atom. The molecule has 15 heavy (non-hydrogen) atoms. The van der Waals surface area contributed by atoms with Crippen molar-refractivity contribution in [1.82, 2.24) is 10.4 Å². The number of hydrazine groups is 1. The van der Waals surface area contributed by atoms with Gasteiger partial charge in [-0.2, -0.15) is 0 Å². The first-order valence-electron chi connectivity index (χ1n) is 4.63. The Balaban J connectivity index is 2.34. The monoisotopic (exact) mass is 201 g/mol. The molecule has 0 fully saturated rings. The third-order valence-electron chi connectivity index (χ3n) is 2.19. The number of benzene rings is 1. The zero-order valence-electron chi connectivity index (χ0n) is 8.10. The van der Waals surface area contributed by atoms with Crippen molar-refractivity contribution in [1.29, 1.82) is 0 Å². The van der Waals surface area contributed by atoms with E-state index in [1.165, 1.54) is 0 Å². The third-order valence-corrected chi connectivity index (χ3v) is 2.19. The topological polar surface area (TPSA) is 68.0 Å². The van der Waals surface area contributed by atoms with Crippen LogP contribution in [0.3, 0.4) is 0 Å². The largest absolute Gasteiger partial charge is 0.294 e. The fraction of sp³-hybridized carbons (Fsp3) is 0.0909.